The molecule has 1 amide bonds. The maximum atomic E-state index is 11.7. The number of benzene rings is 1. The van der Waals surface area contributed by atoms with Gasteiger partial charge < -0.3 is 10.6 Å². The van der Waals surface area contributed by atoms with Crippen LogP contribution >= 0.6 is 0 Å². The predicted octanol–water partition coefficient (Wildman–Crippen LogP) is 3.73. The first-order chi connectivity index (χ1) is 9.02. The van der Waals surface area contributed by atoms with Crippen molar-refractivity contribution in [3.8, 4) is 0 Å². The molecular weight excluding hydrogens is 236 g/mol. The molecule has 0 aromatic heterocycles. The van der Waals surface area contributed by atoms with Gasteiger partial charge >= 0.3 is 0 Å². The quantitative estimate of drug-likeness (QED) is 0.786. The zero-order valence-corrected chi connectivity index (χ0v) is 12.5. The first-order valence-corrected chi connectivity index (χ1v) is 7.16. The van der Waals surface area contributed by atoms with Crippen LogP contribution in [0.3, 0.4) is 0 Å². The van der Waals surface area contributed by atoms with Gasteiger partial charge in [0.25, 0.3) is 0 Å². The number of anilines is 1. The number of carbonyl (C=O) groups excluding carboxylic acids is 1. The predicted molar refractivity (Wildman–Crippen MR) is 81.2 cm³/mol. The lowest BCUT2D eigenvalue weighted by atomic mass is 10.1. The summed E-state index contributed by atoms with van der Waals surface area (Å²) in [5.41, 5.74) is 2.09. The Kier molecular flexibility index (Phi) is 6.57. The average Bonchev–Trinajstić information content (AvgIpc) is 2.35. The molecule has 106 valence electrons. The SMILES string of the molecule is CCCNC(C)c1cccc(NC(=O)CC(C)C)c1. The molecule has 1 aromatic rings. The smallest absolute Gasteiger partial charge is 0.224 e. The molecule has 19 heavy (non-hydrogen) atoms. The number of hydrogen-bond donors (Lipinski definition) is 2. The van der Waals surface area contributed by atoms with Crippen LogP contribution in [0.25, 0.3) is 0 Å². The number of carbonyl (C=O) groups is 1. The van der Waals surface area contributed by atoms with E-state index in [2.05, 4.69) is 30.5 Å². The van der Waals surface area contributed by atoms with Gasteiger partial charge in [-0.1, -0.05) is 32.9 Å². The fourth-order valence-corrected chi connectivity index (χ4v) is 1.95. The summed E-state index contributed by atoms with van der Waals surface area (Å²) in [4.78, 5) is 11.7. The molecule has 2 N–H and O–H groups in total. The van der Waals surface area contributed by atoms with E-state index in [0.29, 0.717) is 18.4 Å². The molecule has 0 aliphatic heterocycles. The minimum Gasteiger partial charge on any atom is -0.326 e. The van der Waals surface area contributed by atoms with Crippen LogP contribution in [0.1, 0.15) is 52.1 Å². The highest BCUT2D eigenvalue weighted by atomic mass is 16.1. The minimum absolute atomic E-state index is 0.0846. The molecule has 1 aromatic carbocycles. The second kappa shape index (κ2) is 7.95. The maximum absolute atomic E-state index is 11.7. The summed E-state index contributed by atoms with van der Waals surface area (Å²) in [5.74, 6) is 0.467. The van der Waals surface area contributed by atoms with E-state index >= 15 is 0 Å². The monoisotopic (exact) mass is 262 g/mol. The van der Waals surface area contributed by atoms with Gasteiger partial charge in [0.2, 0.25) is 5.91 Å². The van der Waals surface area contributed by atoms with Crippen LogP contribution in [0, 0.1) is 5.92 Å². The van der Waals surface area contributed by atoms with Crippen molar-refractivity contribution >= 4 is 11.6 Å². The summed E-state index contributed by atoms with van der Waals surface area (Å²) in [7, 11) is 0. The van der Waals surface area contributed by atoms with Crippen molar-refractivity contribution in [2.24, 2.45) is 5.92 Å². The van der Waals surface area contributed by atoms with Crippen molar-refractivity contribution in [2.45, 2.75) is 46.6 Å². The van der Waals surface area contributed by atoms with Gasteiger partial charge in [0.05, 0.1) is 0 Å². The van der Waals surface area contributed by atoms with E-state index in [9.17, 15) is 4.79 Å². The van der Waals surface area contributed by atoms with E-state index in [1.54, 1.807) is 0 Å². The molecule has 1 atom stereocenters. The standard InChI is InChI=1S/C16H26N2O/c1-5-9-17-13(4)14-7-6-8-15(11-14)18-16(19)10-12(2)3/h6-8,11-13,17H,5,9-10H2,1-4H3,(H,18,19). The molecule has 0 fully saturated rings. The Labute approximate surface area is 116 Å². The number of nitrogens with one attached hydrogen (secondary N) is 2. The minimum atomic E-state index is 0.0846. The van der Waals surface area contributed by atoms with Crippen molar-refractivity contribution in [1.29, 1.82) is 0 Å². The van der Waals surface area contributed by atoms with Gasteiger partial charge in [0, 0.05) is 18.2 Å². The topological polar surface area (TPSA) is 41.1 Å². The molecule has 1 rings (SSSR count). The van der Waals surface area contributed by atoms with Crippen LogP contribution in [0.4, 0.5) is 5.69 Å². The first-order valence-electron chi connectivity index (χ1n) is 7.16. The number of amides is 1. The van der Waals surface area contributed by atoms with Gasteiger partial charge in [-0.15, -0.1) is 0 Å². The second-order valence-electron chi connectivity index (χ2n) is 5.45. The summed E-state index contributed by atoms with van der Waals surface area (Å²) < 4.78 is 0. The van der Waals surface area contributed by atoms with E-state index in [-0.39, 0.29) is 5.91 Å². The van der Waals surface area contributed by atoms with Gasteiger partial charge in [0.15, 0.2) is 0 Å². The third-order valence-electron chi connectivity index (χ3n) is 2.96. The Morgan fingerprint density at radius 2 is 2.00 bits per heavy atom. The zero-order chi connectivity index (χ0) is 14.3. The highest BCUT2D eigenvalue weighted by Crippen LogP contribution is 2.18. The maximum Gasteiger partial charge on any atom is 0.224 e. The van der Waals surface area contributed by atoms with E-state index in [1.807, 2.05) is 32.0 Å². The lowest BCUT2D eigenvalue weighted by molar-refractivity contribution is -0.116. The zero-order valence-electron chi connectivity index (χ0n) is 12.5. The largest absolute Gasteiger partial charge is 0.326 e. The lowest BCUT2D eigenvalue weighted by Crippen LogP contribution is -2.19. The van der Waals surface area contributed by atoms with E-state index in [4.69, 9.17) is 0 Å². The van der Waals surface area contributed by atoms with Crippen LogP contribution in [-0.2, 0) is 4.79 Å². The third kappa shape index (κ3) is 5.88. The fraction of sp³-hybridized carbons (Fsp3) is 0.562. The number of hydrogen-bond acceptors (Lipinski definition) is 2. The van der Waals surface area contributed by atoms with Crippen molar-refractivity contribution in [3.05, 3.63) is 29.8 Å². The Morgan fingerprint density at radius 3 is 2.63 bits per heavy atom. The van der Waals surface area contributed by atoms with Crippen molar-refractivity contribution in [3.63, 3.8) is 0 Å². The van der Waals surface area contributed by atoms with Gasteiger partial charge in [-0.3, -0.25) is 4.79 Å². The molecule has 0 spiro atoms. The van der Waals surface area contributed by atoms with Crippen LogP contribution in [0.15, 0.2) is 24.3 Å². The second-order valence-corrected chi connectivity index (χ2v) is 5.45. The summed E-state index contributed by atoms with van der Waals surface area (Å²) in [6.45, 7) is 9.40. The van der Waals surface area contributed by atoms with Gasteiger partial charge in [-0.05, 0) is 43.5 Å². The molecule has 3 nitrogen and oxygen atoms in total. The molecular formula is C16H26N2O. The molecule has 0 aliphatic rings. The summed E-state index contributed by atoms with van der Waals surface area (Å²) in [6.07, 6.45) is 1.68. The molecule has 3 heteroatoms. The van der Waals surface area contributed by atoms with Crippen LogP contribution in [0.2, 0.25) is 0 Å². The highest BCUT2D eigenvalue weighted by Gasteiger charge is 2.08. The van der Waals surface area contributed by atoms with E-state index in [0.717, 1.165) is 18.7 Å². The van der Waals surface area contributed by atoms with Crippen molar-refractivity contribution in [2.75, 3.05) is 11.9 Å². The Hall–Kier alpha value is -1.35. The Bertz CT molecular complexity index is 401. The van der Waals surface area contributed by atoms with E-state index in [1.165, 1.54) is 5.56 Å². The molecule has 0 saturated carbocycles. The highest BCUT2D eigenvalue weighted by molar-refractivity contribution is 5.90. The van der Waals surface area contributed by atoms with Crippen molar-refractivity contribution < 1.29 is 4.79 Å². The summed E-state index contributed by atoms with van der Waals surface area (Å²) >= 11 is 0. The molecule has 1 unspecified atom stereocenters. The van der Waals surface area contributed by atoms with Crippen LogP contribution in [0.5, 0.6) is 0 Å². The molecule has 0 bridgehead atoms. The van der Waals surface area contributed by atoms with Crippen LogP contribution in [-0.4, -0.2) is 12.5 Å². The molecule has 0 heterocycles. The molecule has 0 radical (unpaired) electrons. The van der Waals surface area contributed by atoms with Crippen molar-refractivity contribution in [1.82, 2.24) is 5.32 Å². The van der Waals surface area contributed by atoms with Gasteiger partial charge in [-0.2, -0.15) is 0 Å². The van der Waals surface area contributed by atoms with Gasteiger partial charge in [-0.25, -0.2) is 0 Å². The Morgan fingerprint density at radius 1 is 1.26 bits per heavy atom. The summed E-state index contributed by atoms with van der Waals surface area (Å²) in [5, 5.41) is 6.41. The molecule has 0 saturated heterocycles. The first kappa shape index (κ1) is 15.7. The average molecular weight is 262 g/mol. The number of rotatable bonds is 7. The Balaban J connectivity index is 2.63. The fourth-order valence-electron chi connectivity index (χ4n) is 1.95. The molecule has 0 aliphatic carbocycles. The van der Waals surface area contributed by atoms with Gasteiger partial charge in [0.1, 0.15) is 0 Å². The third-order valence-corrected chi connectivity index (χ3v) is 2.96. The normalized spacial score (nSPS) is 12.5. The van der Waals surface area contributed by atoms with E-state index < -0.39 is 0 Å². The summed E-state index contributed by atoms with van der Waals surface area (Å²) in [6, 6.07) is 8.37. The van der Waals surface area contributed by atoms with Crippen LogP contribution < -0.4 is 10.6 Å². The lowest BCUT2D eigenvalue weighted by Gasteiger charge is -2.15.